The van der Waals surface area contributed by atoms with Crippen LogP contribution in [0.25, 0.3) is 0 Å². The van der Waals surface area contributed by atoms with E-state index in [1.54, 1.807) is 7.11 Å². The van der Waals surface area contributed by atoms with E-state index in [0.29, 0.717) is 16.7 Å². The first-order valence-electron chi connectivity index (χ1n) is 6.61. The van der Waals surface area contributed by atoms with Crippen molar-refractivity contribution in [2.45, 2.75) is 44.9 Å². The van der Waals surface area contributed by atoms with E-state index < -0.39 is 0 Å². The van der Waals surface area contributed by atoms with Crippen molar-refractivity contribution in [1.82, 2.24) is 0 Å². The largest absolute Gasteiger partial charge is 0.495 e. The van der Waals surface area contributed by atoms with Gasteiger partial charge in [0.2, 0.25) is 0 Å². The van der Waals surface area contributed by atoms with Gasteiger partial charge >= 0.3 is 0 Å². The quantitative estimate of drug-likeness (QED) is 0.572. The summed E-state index contributed by atoms with van der Waals surface area (Å²) >= 11 is 12.7. The summed E-state index contributed by atoms with van der Waals surface area (Å²) in [6.07, 6.45) is 4.71. The third kappa shape index (κ3) is 4.07. The Morgan fingerprint density at radius 3 is 2.50 bits per heavy atom. The molecule has 102 valence electrons. The van der Waals surface area contributed by atoms with Gasteiger partial charge in [0.1, 0.15) is 5.75 Å². The predicted molar refractivity (Wildman–Crippen MR) is 79.9 cm³/mol. The van der Waals surface area contributed by atoms with Crippen molar-refractivity contribution in [2.75, 3.05) is 7.11 Å². The summed E-state index contributed by atoms with van der Waals surface area (Å²) in [6.45, 7) is 4.40. The zero-order valence-corrected chi connectivity index (χ0v) is 12.9. The van der Waals surface area contributed by atoms with Crippen LogP contribution in [-0.4, -0.2) is 7.11 Å². The third-order valence-electron chi connectivity index (χ3n) is 3.36. The Hall–Kier alpha value is -0.400. The first kappa shape index (κ1) is 15.7. The minimum absolute atomic E-state index is 0.0324. The molecule has 1 rings (SSSR count). The van der Waals surface area contributed by atoms with Crippen LogP contribution in [0.2, 0.25) is 5.02 Å². The lowest BCUT2D eigenvalue weighted by atomic mass is 9.91. The molecule has 3 heteroatoms. The zero-order chi connectivity index (χ0) is 13.5. The predicted octanol–water partition coefficient (Wildman–Crippen LogP) is 5.84. The first-order chi connectivity index (χ1) is 8.63. The molecule has 1 aromatic rings. The number of methoxy groups -OCH3 is 1. The smallest absolute Gasteiger partial charge is 0.137 e. The highest BCUT2D eigenvalue weighted by atomic mass is 35.5. The van der Waals surface area contributed by atoms with Crippen LogP contribution in [0.4, 0.5) is 0 Å². The molecule has 0 saturated carbocycles. The highest BCUT2D eigenvalue weighted by Crippen LogP contribution is 2.37. The van der Waals surface area contributed by atoms with Crippen LogP contribution in [0, 0.1) is 5.92 Å². The number of hydrogen-bond donors (Lipinski definition) is 0. The van der Waals surface area contributed by atoms with Gasteiger partial charge in [0.15, 0.2) is 0 Å². The number of ether oxygens (including phenoxy) is 1. The summed E-state index contributed by atoms with van der Waals surface area (Å²) in [6, 6.07) is 5.82. The van der Waals surface area contributed by atoms with Crippen LogP contribution >= 0.6 is 23.2 Å². The van der Waals surface area contributed by atoms with E-state index >= 15 is 0 Å². The molecule has 1 nitrogen and oxygen atoms in total. The summed E-state index contributed by atoms with van der Waals surface area (Å²) < 4.78 is 5.16. The van der Waals surface area contributed by atoms with Gasteiger partial charge in [-0.05, 0) is 30.0 Å². The fourth-order valence-electron chi connectivity index (χ4n) is 2.15. The average Bonchev–Trinajstić information content (AvgIpc) is 2.39. The van der Waals surface area contributed by atoms with Gasteiger partial charge in [0, 0.05) is 0 Å². The maximum absolute atomic E-state index is 6.58. The third-order valence-corrected chi connectivity index (χ3v) is 4.26. The molecule has 0 fully saturated rings. The van der Waals surface area contributed by atoms with E-state index in [4.69, 9.17) is 27.9 Å². The Kier molecular flexibility index (Phi) is 6.88. The molecular formula is C15H22Cl2O. The molecule has 2 atom stereocenters. The standard InChI is InChI=1S/C15H22Cl2O/c1-4-6-7-11(5-2)15(17)12-8-9-14(18-3)13(16)10-12/h8-11,15H,4-7H2,1-3H3. The van der Waals surface area contributed by atoms with Gasteiger partial charge in [-0.3, -0.25) is 0 Å². The molecule has 0 radical (unpaired) electrons. The van der Waals surface area contributed by atoms with Crippen molar-refractivity contribution >= 4 is 23.2 Å². The molecule has 0 heterocycles. The Morgan fingerprint density at radius 2 is 2.00 bits per heavy atom. The number of rotatable bonds is 7. The molecule has 0 saturated heterocycles. The highest BCUT2D eigenvalue weighted by molar-refractivity contribution is 6.32. The zero-order valence-electron chi connectivity index (χ0n) is 11.4. The number of alkyl halides is 1. The van der Waals surface area contributed by atoms with Crippen LogP contribution in [0.5, 0.6) is 5.75 Å². The molecule has 0 spiro atoms. The van der Waals surface area contributed by atoms with E-state index in [1.807, 2.05) is 18.2 Å². The van der Waals surface area contributed by atoms with Gasteiger partial charge in [0.05, 0.1) is 17.5 Å². The van der Waals surface area contributed by atoms with E-state index in [1.165, 1.54) is 19.3 Å². The lowest BCUT2D eigenvalue weighted by Gasteiger charge is -2.21. The summed E-state index contributed by atoms with van der Waals surface area (Å²) in [5, 5.41) is 0.663. The fourth-order valence-corrected chi connectivity index (χ4v) is 2.86. The molecule has 18 heavy (non-hydrogen) atoms. The fraction of sp³-hybridized carbons (Fsp3) is 0.600. The van der Waals surface area contributed by atoms with Crippen molar-refractivity contribution < 1.29 is 4.74 Å². The van der Waals surface area contributed by atoms with Crippen LogP contribution < -0.4 is 4.74 Å². The summed E-state index contributed by atoms with van der Waals surface area (Å²) in [5.74, 6) is 1.21. The first-order valence-corrected chi connectivity index (χ1v) is 7.42. The molecule has 0 aromatic heterocycles. The van der Waals surface area contributed by atoms with Crippen LogP contribution in [0.3, 0.4) is 0 Å². The van der Waals surface area contributed by atoms with Crippen LogP contribution in [0.15, 0.2) is 18.2 Å². The van der Waals surface area contributed by atoms with E-state index in [9.17, 15) is 0 Å². The second kappa shape index (κ2) is 7.91. The Bertz CT molecular complexity index is 366. The van der Waals surface area contributed by atoms with E-state index in [2.05, 4.69) is 13.8 Å². The molecule has 0 N–H and O–H groups in total. The van der Waals surface area contributed by atoms with Gasteiger partial charge in [-0.1, -0.05) is 50.8 Å². The molecule has 1 aromatic carbocycles. The number of halogens is 2. The maximum atomic E-state index is 6.58. The lowest BCUT2D eigenvalue weighted by molar-refractivity contribution is 0.413. The molecular weight excluding hydrogens is 267 g/mol. The lowest BCUT2D eigenvalue weighted by Crippen LogP contribution is -2.07. The van der Waals surface area contributed by atoms with Gasteiger partial charge in [-0.2, -0.15) is 0 Å². The monoisotopic (exact) mass is 288 g/mol. The van der Waals surface area contributed by atoms with Gasteiger partial charge in [-0.15, -0.1) is 11.6 Å². The second-order valence-corrected chi connectivity index (χ2v) is 5.48. The summed E-state index contributed by atoms with van der Waals surface area (Å²) in [4.78, 5) is 0. The Balaban J connectivity index is 2.81. The van der Waals surface area contributed by atoms with Crippen LogP contribution in [-0.2, 0) is 0 Å². The molecule has 0 aliphatic heterocycles. The van der Waals surface area contributed by atoms with Gasteiger partial charge in [0.25, 0.3) is 0 Å². The number of unbranched alkanes of at least 4 members (excludes halogenated alkanes) is 1. The summed E-state index contributed by atoms with van der Waals surface area (Å²) in [7, 11) is 1.62. The SMILES string of the molecule is CCCCC(CC)C(Cl)c1ccc(OC)c(Cl)c1. The molecule has 0 aliphatic carbocycles. The van der Waals surface area contributed by atoms with Crippen molar-refractivity contribution in [3.8, 4) is 5.75 Å². The normalized spacial score (nSPS) is 14.3. The van der Waals surface area contributed by atoms with Crippen molar-refractivity contribution in [2.24, 2.45) is 5.92 Å². The molecule has 0 amide bonds. The molecule has 0 bridgehead atoms. The highest BCUT2D eigenvalue weighted by Gasteiger charge is 2.19. The van der Waals surface area contributed by atoms with E-state index in [0.717, 1.165) is 12.0 Å². The Labute approximate surface area is 120 Å². The average molecular weight is 289 g/mol. The van der Waals surface area contributed by atoms with Crippen molar-refractivity contribution in [3.63, 3.8) is 0 Å². The van der Waals surface area contributed by atoms with Crippen molar-refractivity contribution in [1.29, 1.82) is 0 Å². The molecule has 2 unspecified atom stereocenters. The van der Waals surface area contributed by atoms with Gasteiger partial charge in [-0.25, -0.2) is 0 Å². The van der Waals surface area contributed by atoms with Gasteiger partial charge < -0.3 is 4.74 Å². The minimum Gasteiger partial charge on any atom is -0.495 e. The maximum Gasteiger partial charge on any atom is 0.137 e. The topological polar surface area (TPSA) is 9.23 Å². The number of hydrogen-bond acceptors (Lipinski definition) is 1. The number of benzene rings is 1. The van der Waals surface area contributed by atoms with Crippen molar-refractivity contribution in [3.05, 3.63) is 28.8 Å². The minimum atomic E-state index is 0.0324. The van der Waals surface area contributed by atoms with Crippen LogP contribution in [0.1, 0.15) is 50.5 Å². The second-order valence-electron chi connectivity index (χ2n) is 4.61. The Morgan fingerprint density at radius 1 is 1.28 bits per heavy atom. The molecule has 0 aliphatic rings. The summed E-state index contributed by atoms with van der Waals surface area (Å²) in [5.41, 5.74) is 1.09. The van der Waals surface area contributed by atoms with E-state index in [-0.39, 0.29) is 5.38 Å².